The van der Waals surface area contributed by atoms with Crippen LogP contribution in [-0.4, -0.2) is 39.1 Å². The number of aromatic hydroxyl groups is 1. The molecule has 0 amide bonds. The molecule has 2 aliphatic heterocycles. The fraction of sp³-hybridized carbons (Fsp3) is 0.353. The van der Waals surface area contributed by atoms with Crippen molar-refractivity contribution < 1.29 is 9.84 Å². The first kappa shape index (κ1) is 14.1. The van der Waals surface area contributed by atoms with Crippen molar-refractivity contribution in [3.8, 4) is 5.88 Å². The molecule has 2 aromatic heterocycles. The standard InChI is InChI=1S/C17H18N4O2/c1-21-16(11-4-7-23-8-5-11)20-14(17(21)22)9-12-10-19-15-13(12)3-2-6-18-15/h2-3,6,9-11,22H,4-5,7-8H2,1H3/b12-9-. The van der Waals surface area contributed by atoms with Gasteiger partial charge in [-0.1, -0.05) is 0 Å². The zero-order chi connectivity index (χ0) is 15.8. The number of aliphatic imine (C=N–C) groups is 1. The predicted molar refractivity (Wildman–Crippen MR) is 87.9 cm³/mol. The van der Waals surface area contributed by atoms with Gasteiger partial charge in [-0.15, -0.1) is 0 Å². The minimum atomic E-state index is 0.185. The van der Waals surface area contributed by atoms with E-state index in [-0.39, 0.29) is 5.88 Å². The molecule has 1 saturated heterocycles. The highest BCUT2D eigenvalue weighted by molar-refractivity contribution is 6.20. The van der Waals surface area contributed by atoms with Crippen molar-refractivity contribution in [2.24, 2.45) is 12.0 Å². The van der Waals surface area contributed by atoms with E-state index >= 15 is 0 Å². The zero-order valence-electron chi connectivity index (χ0n) is 12.9. The minimum absolute atomic E-state index is 0.185. The summed E-state index contributed by atoms with van der Waals surface area (Å²) >= 11 is 0. The Kier molecular flexibility index (Phi) is 3.46. The van der Waals surface area contributed by atoms with Gasteiger partial charge in [0, 0.05) is 49.7 Å². The largest absolute Gasteiger partial charge is 0.493 e. The molecule has 0 unspecified atom stereocenters. The Labute approximate surface area is 134 Å². The topological polar surface area (TPSA) is 72.5 Å². The highest BCUT2D eigenvalue weighted by Gasteiger charge is 2.24. The molecule has 1 N–H and O–H groups in total. The van der Waals surface area contributed by atoms with Crippen LogP contribution < -0.4 is 0 Å². The molecule has 2 aromatic rings. The molecule has 0 aliphatic carbocycles. The predicted octanol–water partition coefficient (Wildman–Crippen LogP) is 2.67. The lowest BCUT2D eigenvalue weighted by Gasteiger charge is -2.21. The fourth-order valence-electron chi connectivity index (χ4n) is 3.13. The number of nitrogens with zero attached hydrogens (tertiary/aromatic N) is 4. The van der Waals surface area contributed by atoms with Crippen molar-refractivity contribution in [3.05, 3.63) is 35.4 Å². The van der Waals surface area contributed by atoms with Crippen molar-refractivity contribution in [3.63, 3.8) is 0 Å². The smallest absolute Gasteiger partial charge is 0.218 e. The normalized spacial score (nSPS) is 19.4. The van der Waals surface area contributed by atoms with Crippen molar-refractivity contribution in [2.45, 2.75) is 18.8 Å². The van der Waals surface area contributed by atoms with E-state index < -0.39 is 0 Å². The monoisotopic (exact) mass is 310 g/mol. The second kappa shape index (κ2) is 5.62. The van der Waals surface area contributed by atoms with Crippen LogP contribution in [0.25, 0.3) is 11.6 Å². The molecule has 0 radical (unpaired) electrons. The third kappa shape index (κ3) is 2.45. The van der Waals surface area contributed by atoms with Crippen LogP contribution in [-0.2, 0) is 11.8 Å². The van der Waals surface area contributed by atoms with Crippen LogP contribution in [0.4, 0.5) is 5.82 Å². The first-order valence-electron chi connectivity index (χ1n) is 7.78. The Morgan fingerprint density at radius 1 is 1.35 bits per heavy atom. The summed E-state index contributed by atoms with van der Waals surface area (Å²) in [5.41, 5.74) is 2.46. The molecule has 0 aromatic carbocycles. The van der Waals surface area contributed by atoms with E-state index in [1.54, 1.807) is 17.0 Å². The summed E-state index contributed by atoms with van der Waals surface area (Å²) in [7, 11) is 1.85. The Hall–Kier alpha value is -2.47. The van der Waals surface area contributed by atoms with Gasteiger partial charge in [0.05, 0.1) is 0 Å². The number of hydrogen-bond donors (Lipinski definition) is 1. The number of fused-ring (bicyclic) bond motifs is 1. The molecule has 4 heterocycles. The molecule has 6 heteroatoms. The Bertz CT molecular complexity index is 801. The molecular formula is C17H18N4O2. The number of rotatable bonds is 2. The van der Waals surface area contributed by atoms with Gasteiger partial charge in [-0.05, 0) is 31.1 Å². The fourth-order valence-corrected chi connectivity index (χ4v) is 3.13. The summed E-state index contributed by atoms with van der Waals surface area (Å²) in [6.45, 7) is 1.50. The molecule has 0 saturated carbocycles. The van der Waals surface area contributed by atoms with Crippen LogP contribution in [0, 0.1) is 0 Å². The molecule has 118 valence electrons. The summed E-state index contributed by atoms with van der Waals surface area (Å²) < 4.78 is 7.19. The van der Waals surface area contributed by atoms with Gasteiger partial charge in [-0.2, -0.15) is 0 Å². The summed E-state index contributed by atoms with van der Waals surface area (Å²) in [6, 6.07) is 3.85. The number of hydrogen-bond acceptors (Lipinski definition) is 5. The summed E-state index contributed by atoms with van der Waals surface area (Å²) in [4.78, 5) is 13.2. The molecule has 0 spiro atoms. The zero-order valence-corrected chi connectivity index (χ0v) is 12.9. The van der Waals surface area contributed by atoms with Crippen LogP contribution in [0.5, 0.6) is 5.88 Å². The van der Waals surface area contributed by atoms with E-state index in [0.29, 0.717) is 17.4 Å². The van der Waals surface area contributed by atoms with Gasteiger partial charge < -0.3 is 14.4 Å². The Balaban J connectivity index is 1.71. The Morgan fingerprint density at radius 2 is 2.17 bits per heavy atom. The van der Waals surface area contributed by atoms with Crippen molar-refractivity contribution in [1.29, 1.82) is 0 Å². The van der Waals surface area contributed by atoms with Crippen LogP contribution in [0.1, 0.15) is 35.8 Å². The van der Waals surface area contributed by atoms with Crippen LogP contribution in [0.15, 0.2) is 23.3 Å². The number of ether oxygens (including phenoxy) is 1. The lowest BCUT2D eigenvalue weighted by molar-refractivity contribution is 0.0829. The van der Waals surface area contributed by atoms with Gasteiger partial charge in [-0.3, -0.25) is 0 Å². The van der Waals surface area contributed by atoms with Gasteiger partial charge in [0.1, 0.15) is 11.5 Å². The summed E-state index contributed by atoms with van der Waals surface area (Å²) in [5, 5.41) is 10.4. The average Bonchev–Trinajstić information content (AvgIpc) is 3.13. The average molecular weight is 310 g/mol. The number of aromatic nitrogens is 3. The molecule has 4 rings (SSSR count). The summed E-state index contributed by atoms with van der Waals surface area (Å²) in [6.07, 6.45) is 7.23. The van der Waals surface area contributed by atoms with Crippen molar-refractivity contribution in [2.75, 3.05) is 13.2 Å². The third-order valence-corrected chi connectivity index (χ3v) is 4.43. The molecule has 2 aliphatic rings. The number of allylic oxidation sites excluding steroid dienone is 1. The van der Waals surface area contributed by atoms with Crippen molar-refractivity contribution in [1.82, 2.24) is 14.5 Å². The second-order valence-electron chi connectivity index (χ2n) is 5.86. The van der Waals surface area contributed by atoms with Crippen LogP contribution in [0.3, 0.4) is 0 Å². The van der Waals surface area contributed by atoms with E-state index in [1.165, 1.54) is 0 Å². The SMILES string of the molecule is Cn1c(C2CCOCC2)nc(/C=C2/C=Nc3ncccc32)c1O. The first-order chi connectivity index (χ1) is 11.2. The molecule has 6 nitrogen and oxygen atoms in total. The number of imidazole rings is 1. The lowest BCUT2D eigenvalue weighted by Crippen LogP contribution is -2.17. The number of pyridine rings is 1. The maximum atomic E-state index is 10.4. The van der Waals surface area contributed by atoms with Gasteiger partial charge in [-0.25, -0.2) is 15.0 Å². The van der Waals surface area contributed by atoms with Crippen LogP contribution in [0.2, 0.25) is 0 Å². The quantitative estimate of drug-likeness (QED) is 0.925. The van der Waals surface area contributed by atoms with Gasteiger partial charge in [0.2, 0.25) is 5.88 Å². The molecule has 1 fully saturated rings. The highest BCUT2D eigenvalue weighted by atomic mass is 16.5. The van der Waals surface area contributed by atoms with Gasteiger partial charge in [0.25, 0.3) is 0 Å². The van der Waals surface area contributed by atoms with E-state index in [1.807, 2.05) is 25.3 Å². The van der Waals surface area contributed by atoms with E-state index in [0.717, 1.165) is 43.0 Å². The van der Waals surface area contributed by atoms with Crippen molar-refractivity contribution >= 4 is 23.7 Å². The summed E-state index contributed by atoms with van der Waals surface area (Å²) in [5.74, 6) is 2.14. The minimum Gasteiger partial charge on any atom is -0.493 e. The first-order valence-corrected chi connectivity index (χ1v) is 7.78. The highest BCUT2D eigenvalue weighted by Crippen LogP contribution is 2.34. The molecule has 0 atom stereocenters. The molecular weight excluding hydrogens is 292 g/mol. The van der Waals surface area contributed by atoms with E-state index in [2.05, 4.69) is 15.0 Å². The van der Waals surface area contributed by atoms with Gasteiger partial charge in [0.15, 0.2) is 5.82 Å². The third-order valence-electron chi connectivity index (χ3n) is 4.43. The van der Waals surface area contributed by atoms with E-state index in [9.17, 15) is 5.11 Å². The van der Waals surface area contributed by atoms with Crippen LogP contribution >= 0.6 is 0 Å². The lowest BCUT2D eigenvalue weighted by atomic mass is 9.99. The Morgan fingerprint density at radius 3 is 3.00 bits per heavy atom. The second-order valence-corrected chi connectivity index (χ2v) is 5.86. The maximum Gasteiger partial charge on any atom is 0.218 e. The van der Waals surface area contributed by atoms with E-state index in [4.69, 9.17) is 4.74 Å². The molecule has 23 heavy (non-hydrogen) atoms. The van der Waals surface area contributed by atoms with Gasteiger partial charge >= 0.3 is 0 Å². The maximum absolute atomic E-state index is 10.4. The molecule has 0 bridgehead atoms.